The normalized spacial score (nSPS) is 11.7. The molecule has 2 aromatic carbocycles. The monoisotopic (exact) mass is 486 g/mol. The molecule has 33 heavy (non-hydrogen) atoms. The summed E-state index contributed by atoms with van der Waals surface area (Å²) in [5.41, 5.74) is 3.91. The van der Waals surface area contributed by atoms with Gasteiger partial charge in [0, 0.05) is 17.6 Å². The number of thiazole rings is 1. The van der Waals surface area contributed by atoms with Gasteiger partial charge in [-0.1, -0.05) is 12.1 Å². The molecule has 2 aromatic heterocycles. The van der Waals surface area contributed by atoms with Gasteiger partial charge in [0.15, 0.2) is 4.96 Å². The van der Waals surface area contributed by atoms with Crippen molar-refractivity contribution in [3.8, 4) is 5.75 Å². The summed E-state index contributed by atoms with van der Waals surface area (Å²) in [6.45, 7) is 1.83. The van der Waals surface area contributed by atoms with Crippen LogP contribution in [0.2, 0.25) is 0 Å². The summed E-state index contributed by atoms with van der Waals surface area (Å²) in [6.07, 6.45) is 3.35. The third-order valence-electron chi connectivity index (χ3n) is 4.68. The first-order chi connectivity index (χ1) is 15.8. The number of para-hydroxylation sites is 2. The summed E-state index contributed by atoms with van der Waals surface area (Å²) in [4.78, 5) is 15.9. The van der Waals surface area contributed by atoms with Crippen molar-refractivity contribution < 1.29 is 18.1 Å². The number of nitrogens with zero attached hydrogens (tertiary/aromatic N) is 4. The Kier molecular flexibility index (Phi) is 5.98. The molecule has 0 radical (unpaired) electrons. The van der Waals surface area contributed by atoms with E-state index in [0.29, 0.717) is 5.75 Å². The molecule has 4 rings (SSSR count). The van der Waals surface area contributed by atoms with Crippen LogP contribution in [0.5, 0.6) is 5.75 Å². The lowest BCUT2D eigenvalue weighted by atomic mass is 10.3. The third kappa shape index (κ3) is 4.49. The van der Waals surface area contributed by atoms with E-state index in [2.05, 4.69) is 20.2 Å². The van der Waals surface area contributed by atoms with Crippen LogP contribution in [-0.4, -0.2) is 36.1 Å². The molecule has 0 spiro atoms. The predicted molar refractivity (Wildman–Crippen MR) is 126 cm³/mol. The van der Waals surface area contributed by atoms with Crippen molar-refractivity contribution in [1.29, 1.82) is 0 Å². The maximum Gasteiger partial charge on any atom is 0.295 e. The van der Waals surface area contributed by atoms with Crippen LogP contribution in [0.15, 0.2) is 64.0 Å². The van der Waals surface area contributed by atoms with Crippen LogP contribution < -0.4 is 14.9 Å². The van der Waals surface area contributed by atoms with E-state index in [1.165, 1.54) is 42.9 Å². The van der Waals surface area contributed by atoms with Crippen molar-refractivity contribution in [2.24, 2.45) is 5.10 Å². The summed E-state index contributed by atoms with van der Waals surface area (Å²) in [5.74, 6) is 0.318. The summed E-state index contributed by atoms with van der Waals surface area (Å²) < 4.78 is 35.0. The van der Waals surface area contributed by atoms with Crippen LogP contribution in [0.1, 0.15) is 11.4 Å². The molecule has 0 fully saturated rings. The van der Waals surface area contributed by atoms with Crippen LogP contribution in [0.25, 0.3) is 4.96 Å². The van der Waals surface area contributed by atoms with Crippen molar-refractivity contribution >= 4 is 49.6 Å². The number of nitro groups is 1. The van der Waals surface area contributed by atoms with E-state index in [1.54, 1.807) is 18.2 Å². The molecule has 0 saturated carbocycles. The Morgan fingerprint density at radius 3 is 2.79 bits per heavy atom. The molecule has 0 bridgehead atoms. The fourth-order valence-electron chi connectivity index (χ4n) is 3.09. The molecule has 4 aromatic rings. The number of aromatic nitrogens is 2. The number of nitrogens with one attached hydrogen (secondary N) is 2. The zero-order valence-electron chi connectivity index (χ0n) is 17.4. The predicted octanol–water partition coefficient (Wildman–Crippen LogP) is 3.87. The molecule has 0 aliphatic rings. The molecule has 11 nitrogen and oxygen atoms in total. The van der Waals surface area contributed by atoms with Gasteiger partial charge in [-0.25, -0.2) is 13.4 Å². The molecular formula is C20H18N6O5S2. The van der Waals surface area contributed by atoms with E-state index in [1.807, 2.05) is 22.9 Å². The first kappa shape index (κ1) is 22.2. The molecule has 170 valence electrons. The van der Waals surface area contributed by atoms with E-state index in [0.717, 1.165) is 22.4 Å². The minimum absolute atomic E-state index is 0.0382. The number of hydrogen-bond acceptors (Lipinski definition) is 9. The number of hydrogen-bond donors (Lipinski definition) is 2. The number of rotatable bonds is 8. The molecule has 2 heterocycles. The highest BCUT2D eigenvalue weighted by molar-refractivity contribution is 7.92. The largest absolute Gasteiger partial charge is 0.495 e. The standard InChI is InChI=1S/C20H18N6O5S2/c1-13-18(25-9-10-32-20(25)22-13)12-21-23-15-8-7-14(11-17(15)26(27)28)33(29,30)24-16-5-3-4-6-19(16)31-2/h3-12,23-24H,1-2H3. The minimum atomic E-state index is -4.11. The number of hydrazone groups is 1. The van der Waals surface area contributed by atoms with E-state index in [9.17, 15) is 18.5 Å². The minimum Gasteiger partial charge on any atom is -0.495 e. The molecule has 0 amide bonds. The van der Waals surface area contributed by atoms with E-state index < -0.39 is 20.6 Å². The fraction of sp³-hybridized carbons (Fsp3) is 0.100. The smallest absolute Gasteiger partial charge is 0.295 e. The van der Waals surface area contributed by atoms with Gasteiger partial charge in [0.25, 0.3) is 15.7 Å². The van der Waals surface area contributed by atoms with Crippen molar-refractivity contribution in [2.45, 2.75) is 11.8 Å². The molecule has 2 N–H and O–H groups in total. The average Bonchev–Trinajstić information content (AvgIpc) is 3.35. The molecule has 0 unspecified atom stereocenters. The topological polar surface area (TPSA) is 140 Å². The third-order valence-corrected chi connectivity index (χ3v) is 6.80. The van der Waals surface area contributed by atoms with Gasteiger partial charge in [-0.2, -0.15) is 5.10 Å². The van der Waals surface area contributed by atoms with Gasteiger partial charge in [-0.05, 0) is 31.2 Å². The quantitative estimate of drug-likeness (QED) is 0.219. The molecular weight excluding hydrogens is 468 g/mol. The van der Waals surface area contributed by atoms with Crippen molar-refractivity contribution in [3.05, 3.63) is 75.5 Å². The van der Waals surface area contributed by atoms with Gasteiger partial charge in [0.1, 0.15) is 11.4 Å². The summed E-state index contributed by atoms with van der Waals surface area (Å²) in [6, 6.07) is 9.96. The van der Waals surface area contributed by atoms with Gasteiger partial charge in [-0.15, -0.1) is 11.3 Å². The van der Waals surface area contributed by atoms with Crippen molar-refractivity contribution in [2.75, 3.05) is 17.3 Å². The Morgan fingerprint density at radius 1 is 1.24 bits per heavy atom. The number of anilines is 2. The molecule has 13 heteroatoms. The van der Waals surface area contributed by atoms with E-state index in [-0.39, 0.29) is 16.3 Å². The Labute approximate surface area is 192 Å². The number of sulfonamides is 1. The van der Waals surface area contributed by atoms with Gasteiger partial charge in [0.2, 0.25) is 0 Å². The van der Waals surface area contributed by atoms with Gasteiger partial charge in [-0.3, -0.25) is 24.7 Å². The number of benzene rings is 2. The maximum atomic E-state index is 12.8. The van der Waals surface area contributed by atoms with Crippen LogP contribution >= 0.6 is 11.3 Å². The Morgan fingerprint density at radius 2 is 2.03 bits per heavy atom. The van der Waals surface area contributed by atoms with Crippen LogP contribution in [0.3, 0.4) is 0 Å². The first-order valence-corrected chi connectivity index (χ1v) is 11.8. The molecule has 0 atom stereocenters. The van der Waals surface area contributed by atoms with Crippen LogP contribution in [0.4, 0.5) is 17.1 Å². The maximum absolute atomic E-state index is 12.8. The van der Waals surface area contributed by atoms with Gasteiger partial charge >= 0.3 is 0 Å². The van der Waals surface area contributed by atoms with Crippen LogP contribution in [-0.2, 0) is 10.0 Å². The number of aryl methyl sites for hydroxylation is 1. The SMILES string of the molecule is COc1ccccc1NS(=O)(=O)c1ccc(NN=Cc2c(C)nc3sccn23)c([N+](=O)[O-])c1. The molecule has 0 aliphatic heterocycles. The van der Waals surface area contributed by atoms with Crippen LogP contribution in [0, 0.1) is 17.0 Å². The molecule has 0 aliphatic carbocycles. The molecule has 0 saturated heterocycles. The average molecular weight is 487 g/mol. The van der Waals surface area contributed by atoms with Gasteiger partial charge in [0.05, 0.1) is 40.2 Å². The lowest BCUT2D eigenvalue weighted by Gasteiger charge is -2.12. The Hall–Kier alpha value is -3.97. The number of imidazole rings is 1. The zero-order chi connectivity index (χ0) is 23.6. The summed E-state index contributed by atoms with van der Waals surface area (Å²) >= 11 is 1.47. The number of nitro benzene ring substituents is 1. The zero-order valence-corrected chi connectivity index (χ0v) is 19.1. The van der Waals surface area contributed by atoms with Crippen molar-refractivity contribution in [1.82, 2.24) is 9.38 Å². The first-order valence-electron chi connectivity index (χ1n) is 9.45. The number of methoxy groups -OCH3 is 1. The Bertz CT molecular complexity index is 1480. The Balaban J connectivity index is 1.60. The van der Waals surface area contributed by atoms with Gasteiger partial charge < -0.3 is 4.74 Å². The highest BCUT2D eigenvalue weighted by Crippen LogP contribution is 2.30. The summed E-state index contributed by atoms with van der Waals surface area (Å²) in [7, 11) is -2.70. The van der Waals surface area contributed by atoms with Crippen molar-refractivity contribution in [3.63, 3.8) is 0 Å². The lowest BCUT2D eigenvalue weighted by molar-refractivity contribution is -0.384. The number of fused-ring (bicyclic) bond motifs is 1. The van der Waals surface area contributed by atoms with E-state index in [4.69, 9.17) is 4.74 Å². The second-order valence-electron chi connectivity index (χ2n) is 6.75. The second-order valence-corrected chi connectivity index (χ2v) is 9.31. The lowest BCUT2D eigenvalue weighted by Crippen LogP contribution is -2.14. The highest BCUT2D eigenvalue weighted by Gasteiger charge is 2.22. The van der Waals surface area contributed by atoms with E-state index >= 15 is 0 Å². The summed E-state index contributed by atoms with van der Waals surface area (Å²) in [5, 5.41) is 17.6. The number of ether oxygens (including phenoxy) is 1. The fourth-order valence-corrected chi connectivity index (χ4v) is 4.94. The highest BCUT2D eigenvalue weighted by atomic mass is 32.2. The second kappa shape index (κ2) is 8.88.